The molecule has 0 saturated carbocycles. The number of methoxy groups -OCH3 is 1. The largest absolute Gasteiger partial charge is 0.465 e. The molecule has 2 aromatic heterocycles. The number of aryl methyl sites for hydroxylation is 1. The zero-order valence-electron chi connectivity index (χ0n) is 17.0. The smallest absolute Gasteiger partial charge is 0.341 e. The number of benzene rings is 1. The van der Waals surface area contributed by atoms with Gasteiger partial charge >= 0.3 is 5.97 Å². The van der Waals surface area contributed by atoms with Crippen LogP contribution in [0.25, 0.3) is 0 Å². The SMILES string of the molecule is COC(=O)c1c(NC(=S)Nc2nn(Cc3ccc(Cl)cc3Cl)cc2Cl)sc2c1CCCC2. The molecule has 0 aliphatic heterocycles. The Morgan fingerprint density at radius 3 is 2.75 bits per heavy atom. The molecule has 0 bridgehead atoms. The molecule has 0 atom stereocenters. The molecule has 0 amide bonds. The van der Waals surface area contributed by atoms with E-state index in [4.69, 9.17) is 51.8 Å². The molecule has 2 heterocycles. The summed E-state index contributed by atoms with van der Waals surface area (Å²) in [5.41, 5.74) is 2.47. The summed E-state index contributed by atoms with van der Waals surface area (Å²) in [5.74, 6) is 0.0343. The molecule has 4 rings (SSSR count). The fourth-order valence-corrected chi connectivity index (χ4v) is 5.81. The number of carbonyl (C=O) groups excluding carboxylic acids is 1. The molecule has 0 radical (unpaired) electrons. The van der Waals surface area contributed by atoms with E-state index in [0.29, 0.717) is 38.0 Å². The van der Waals surface area contributed by atoms with E-state index in [1.807, 2.05) is 6.07 Å². The first-order valence-corrected chi connectivity index (χ1v) is 12.2. The van der Waals surface area contributed by atoms with Crippen LogP contribution in [0.2, 0.25) is 15.1 Å². The fraction of sp³-hybridized carbons (Fsp3) is 0.286. The molecule has 6 nitrogen and oxygen atoms in total. The van der Waals surface area contributed by atoms with Crippen LogP contribution >= 0.6 is 58.4 Å². The van der Waals surface area contributed by atoms with Crippen molar-refractivity contribution in [1.82, 2.24) is 9.78 Å². The molecular formula is C21H19Cl3N4O2S2. The second kappa shape index (κ2) is 9.97. The van der Waals surface area contributed by atoms with Gasteiger partial charge in [0.05, 0.1) is 19.2 Å². The summed E-state index contributed by atoms with van der Waals surface area (Å²) < 4.78 is 6.66. The molecule has 2 N–H and O–H groups in total. The lowest BCUT2D eigenvalue weighted by atomic mass is 9.95. The zero-order chi connectivity index (χ0) is 22.8. The van der Waals surface area contributed by atoms with E-state index in [1.54, 1.807) is 23.0 Å². The molecule has 11 heteroatoms. The number of hydrogen-bond donors (Lipinski definition) is 2. The number of fused-ring (bicyclic) bond motifs is 1. The molecule has 0 saturated heterocycles. The highest BCUT2D eigenvalue weighted by molar-refractivity contribution is 7.80. The Morgan fingerprint density at radius 1 is 1.22 bits per heavy atom. The lowest BCUT2D eigenvalue weighted by Crippen LogP contribution is -2.21. The van der Waals surface area contributed by atoms with Gasteiger partial charge in [-0.05, 0) is 61.2 Å². The van der Waals surface area contributed by atoms with Crippen molar-refractivity contribution < 1.29 is 9.53 Å². The second-order valence-corrected chi connectivity index (χ2v) is 10.0. The molecule has 0 spiro atoms. The van der Waals surface area contributed by atoms with Crippen LogP contribution in [-0.2, 0) is 24.1 Å². The average Bonchev–Trinajstić information content (AvgIpc) is 3.28. The number of carbonyl (C=O) groups is 1. The summed E-state index contributed by atoms with van der Waals surface area (Å²) in [7, 11) is 1.38. The number of ether oxygens (including phenoxy) is 1. The lowest BCUT2D eigenvalue weighted by Gasteiger charge is -2.12. The van der Waals surface area contributed by atoms with Gasteiger partial charge in [0, 0.05) is 21.1 Å². The van der Waals surface area contributed by atoms with E-state index in [2.05, 4.69) is 15.7 Å². The number of nitrogens with one attached hydrogen (secondary N) is 2. The molecule has 1 aromatic carbocycles. The highest BCUT2D eigenvalue weighted by Crippen LogP contribution is 2.38. The Labute approximate surface area is 209 Å². The van der Waals surface area contributed by atoms with Gasteiger partial charge in [-0.2, -0.15) is 5.10 Å². The van der Waals surface area contributed by atoms with Crippen LogP contribution in [0.1, 0.15) is 39.2 Å². The third-order valence-corrected chi connectivity index (χ3v) is 7.36. The predicted octanol–water partition coefficient (Wildman–Crippen LogP) is 6.43. The van der Waals surface area contributed by atoms with Crippen LogP contribution in [0.15, 0.2) is 24.4 Å². The van der Waals surface area contributed by atoms with Crippen LogP contribution in [0.5, 0.6) is 0 Å². The molecule has 32 heavy (non-hydrogen) atoms. The first-order valence-electron chi connectivity index (χ1n) is 9.83. The van der Waals surface area contributed by atoms with E-state index >= 15 is 0 Å². The average molecular weight is 530 g/mol. The number of anilines is 2. The van der Waals surface area contributed by atoms with Gasteiger partial charge in [-0.15, -0.1) is 11.3 Å². The Balaban J connectivity index is 1.49. The number of aromatic nitrogens is 2. The highest BCUT2D eigenvalue weighted by atomic mass is 35.5. The molecule has 3 aromatic rings. The van der Waals surface area contributed by atoms with Crippen molar-refractivity contribution in [2.75, 3.05) is 17.7 Å². The predicted molar refractivity (Wildman–Crippen MR) is 135 cm³/mol. The van der Waals surface area contributed by atoms with Crippen molar-refractivity contribution in [2.24, 2.45) is 0 Å². The van der Waals surface area contributed by atoms with Gasteiger partial charge in [0.1, 0.15) is 10.0 Å². The molecular weight excluding hydrogens is 511 g/mol. The van der Waals surface area contributed by atoms with Gasteiger partial charge in [0.2, 0.25) is 0 Å². The number of hydrogen-bond acceptors (Lipinski definition) is 5. The Kier molecular flexibility index (Phi) is 7.27. The van der Waals surface area contributed by atoms with Gasteiger partial charge < -0.3 is 15.4 Å². The maximum atomic E-state index is 12.4. The zero-order valence-corrected chi connectivity index (χ0v) is 20.9. The fourth-order valence-electron chi connectivity index (χ4n) is 3.60. The first kappa shape index (κ1) is 23.3. The number of thiophene rings is 1. The van der Waals surface area contributed by atoms with Crippen molar-refractivity contribution in [2.45, 2.75) is 32.2 Å². The number of esters is 1. The van der Waals surface area contributed by atoms with E-state index in [0.717, 1.165) is 36.8 Å². The number of rotatable bonds is 5. The minimum absolute atomic E-state index is 0.283. The summed E-state index contributed by atoms with van der Waals surface area (Å²) in [6.45, 7) is 0.418. The quantitative estimate of drug-likeness (QED) is 0.293. The van der Waals surface area contributed by atoms with Crippen LogP contribution in [0.4, 0.5) is 10.8 Å². The van der Waals surface area contributed by atoms with Crippen LogP contribution in [-0.4, -0.2) is 28.0 Å². The highest BCUT2D eigenvalue weighted by Gasteiger charge is 2.26. The molecule has 1 aliphatic carbocycles. The maximum absolute atomic E-state index is 12.4. The van der Waals surface area contributed by atoms with Gasteiger partial charge in [-0.25, -0.2) is 4.79 Å². The monoisotopic (exact) mass is 528 g/mol. The first-order chi connectivity index (χ1) is 15.4. The molecule has 0 unspecified atom stereocenters. The van der Waals surface area contributed by atoms with Crippen LogP contribution in [0.3, 0.4) is 0 Å². The van der Waals surface area contributed by atoms with E-state index in [9.17, 15) is 4.79 Å². The van der Waals surface area contributed by atoms with E-state index in [1.165, 1.54) is 23.3 Å². The Morgan fingerprint density at radius 2 is 2.00 bits per heavy atom. The summed E-state index contributed by atoms with van der Waals surface area (Å²) >= 11 is 25.6. The van der Waals surface area contributed by atoms with Crippen molar-refractivity contribution in [3.63, 3.8) is 0 Å². The topological polar surface area (TPSA) is 68.2 Å². The molecule has 1 aliphatic rings. The van der Waals surface area contributed by atoms with Crippen LogP contribution < -0.4 is 10.6 Å². The number of nitrogens with zero attached hydrogens (tertiary/aromatic N) is 2. The second-order valence-electron chi connectivity index (χ2n) is 7.24. The normalized spacial score (nSPS) is 12.9. The summed E-state index contributed by atoms with van der Waals surface area (Å²) in [4.78, 5) is 13.6. The minimum Gasteiger partial charge on any atom is -0.465 e. The minimum atomic E-state index is -0.364. The summed E-state index contributed by atoms with van der Waals surface area (Å²) in [5, 5.41) is 13.1. The lowest BCUT2D eigenvalue weighted by molar-refractivity contribution is 0.0601. The molecule has 168 valence electrons. The summed E-state index contributed by atoms with van der Waals surface area (Å²) in [6.07, 6.45) is 5.67. The number of halogens is 3. The van der Waals surface area contributed by atoms with Crippen molar-refractivity contribution >= 4 is 80.3 Å². The number of thiocarbonyl (C=S) groups is 1. The standard InChI is InChI=1S/C21H19Cl3N4O2S2/c1-30-20(29)17-13-4-2-3-5-16(13)32-19(17)26-21(31)25-18-15(24)10-28(27-18)9-11-6-7-12(22)8-14(11)23/h6-8,10H,2-5,9H2,1H3,(H2,25,26,27,31). The van der Waals surface area contributed by atoms with Crippen molar-refractivity contribution in [1.29, 1.82) is 0 Å². The Bertz CT molecular complexity index is 1190. The third-order valence-electron chi connectivity index (χ3n) is 5.08. The van der Waals surface area contributed by atoms with E-state index in [-0.39, 0.29) is 11.1 Å². The van der Waals surface area contributed by atoms with E-state index < -0.39 is 0 Å². The Hall–Kier alpha value is -1.84. The van der Waals surface area contributed by atoms with Gasteiger partial charge in [-0.3, -0.25) is 4.68 Å². The van der Waals surface area contributed by atoms with Crippen LogP contribution in [0, 0.1) is 0 Å². The third kappa shape index (κ3) is 5.05. The van der Waals surface area contributed by atoms with Crippen molar-refractivity contribution in [3.05, 3.63) is 61.0 Å². The van der Waals surface area contributed by atoms with Gasteiger partial charge in [-0.1, -0.05) is 40.9 Å². The van der Waals surface area contributed by atoms with Gasteiger partial charge in [0.25, 0.3) is 0 Å². The summed E-state index contributed by atoms with van der Waals surface area (Å²) in [6, 6.07) is 5.29. The maximum Gasteiger partial charge on any atom is 0.341 e. The van der Waals surface area contributed by atoms with Crippen molar-refractivity contribution in [3.8, 4) is 0 Å². The molecule has 0 fully saturated rings. The van der Waals surface area contributed by atoms with Gasteiger partial charge in [0.15, 0.2) is 10.9 Å².